The highest BCUT2D eigenvalue weighted by molar-refractivity contribution is 5.85. The van der Waals surface area contributed by atoms with E-state index in [-0.39, 0.29) is 0 Å². The third kappa shape index (κ3) is 3.83. The first kappa shape index (κ1) is 24.2. The highest BCUT2D eigenvalue weighted by Gasteiger charge is 2.32. The summed E-state index contributed by atoms with van der Waals surface area (Å²) >= 11 is 0. The number of hydrogen-bond donors (Lipinski definition) is 0. The number of nitrogens with zero attached hydrogens (tertiary/aromatic N) is 3. The summed E-state index contributed by atoms with van der Waals surface area (Å²) in [7, 11) is 2.17. The maximum absolute atomic E-state index is 5.63. The Morgan fingerprint density at radius 3 is 2.13 bits per heavy atom. The second-order valence-corrected chi connectivity index (χ2v) is 10.9. The third-order valence-corrected chi connectivity index (χ3v) is 7.68. The molecule has 4 nitrogen and oxygen atoms in total. The van der Waals surface area contributed by atoms with Crippen LogP contribution in [0.25, 0.3) is 50.3 Å². The maximum atomic E-state index is 5.63. The molecule has 0 saturated carbocycles. The number of fused-ring (bicyclic) bond motifs is 2. The Balaban J connectivity index is 1.76. The van der Waals surface area contributed by atoms with Gasteiger partial charge in [0.1, 0.15) is 11.2 Å². The highest BCUT2D eigenvalue weighted by Crippen LogP contribution is 2.40. The van der Waals surface area contributed by atoms with Crippen LogP contribution in [-0.4, -0.2) is 9.55 Å². The first-order valence-electron chi connectivity index (χ1n) is 13.4. The molecule has 0 unspecified atom stereocenters. The molecule has 4 aromatic carbocycles. The fourth-order valence-electron chi connectivity index (χ4n) is 5.70. The molecule has 4 heteroatoms. The summed E-state index contributed by atoms with van der Waals surface area (Å²) in [6, 6.07) is 28.5. The Kier molecular flexibility index (Phi) is 5.91. The summed E-state index contributed by atoms with van der Waals surface area (Å²) in [5, 5.41) is 0. The van der Waals surface area contributed by atoms with Gasteiger partial charge >= 0.3 is 0 Å². The summed E-state index contributed by atoms with van der Waals surface area (Å²) in [6.07, 6.45) is 1.53. The molecule has 0 radical (unpaired) electrons. The number of aromatic nitrogens is 3. The van der Waals surface area contributed by atoms with E-state index in [1.54, 1.807) is 0 Å². The molecule has 6 aromatic rings. The summed E-state index contributed by atoms with van der Waals surface area (Å²) in [5.41, 5.74) is 12.9. The van der Waals surface area contributed by atoms with E-state index in [9.17, 15) is 0 Å². The second-order valence-electron chi connectivity index (χ2n) is 10.9. The molecule has 2 heterocycles. The first-order chi connectivity index (χ1) is 18.3. The van der Waals surface area contributed by atoms with Crippen LogP contribution >= 0.6 is 0 Å². The summed E-state index contributed by atoms with van der Waals surface area (Å²) in [4.78, 5) is 4.48. The highest BCUT2D eigenvalue weighted by atomic mass is 16.3. The van der Waals surface area contributed by atoms with Crippen molar-refractivity contribution < 1.29 is 8.98 Å². The average molecular weight is 501 g/mol. The topological polar surface area (TPSA) is 34.8 Å². The van der Waals surface area contributed by atoms with Crippen LogP contribution in [0, 0.1) is 6.92 Å². The number of para-hydroxylation sites is 2. The minimum Gasteiger partial charge on any atom is -0.443 e. The molecule has 2 aromatic heterocycles. The molecule has 0 aliphatic heterocycles. The zero-order valence-corrected chi connectivity index (χ0v) is 23.0. The summed E-state index contributed by atoms with van der Waals surface area (Å²) in [6.45, 7) is 11.4. The lowest BCUT2D eigenvalue weighted by Crippen LogP contribution is -2.30. The number of rotatable bonds is 5. The quantitative estimate of drug-likeness (QED) is 0.222. The SMILES string of the molecule is Cc1cc2ocnc2cc1-c1n(-c2c(C(C)C)cc(-c3ccccc3)cc2C(C)C)c2ccccc2[n+]1C. The van der Waals surface area contributed by atoms with E-state index in [2.05, 4.69) is 135 Å². The molecular weight excluding hydrogens is 466 g/mol. The van der Waals surface area contributed by atoms with E-state index in [0.717, 1.165) is 28.1 Å². The van der Waals surface area contributed by atoms with Crippen molar-refractivity contribution in [3.8, 4) is 28.2 Å². The standard InChI is InChI=1S/C34H34N3O/c1-21(2)26-17-25(24-12-8-7-9-13-24)18-27(22(3)4)33(26)37-31-15-11-10-14-30(31)36(6)34(37)28-19-29-32(16-23(28)5)38-20-35-29/h7-22H,1-6H3/q+1. The van der Waals surface area contributed by atoms with Crippen molar-refractivity contribution in [2.75, 3.05) is 0 Å². The molecule has 0 fully saturated rings. The van der Waals surface area contributed by atoms with Gasteiger partial charge in [-0.3, -0.25) is 0 Å². The Morgan fingerprint density at radius 2 is 1.45 bits per heavy atom. The van der Waals surface area contributed by atoms with Gasteiger partial charge in [-0.1, -0.05) is 70.2 Å². The van der Waals surface area contributed by atoms with E-state index < -0.39 is 0 Å². The van der Waals surface area contributed by atoms with E-state index in [4.69, 9.17) is 4.42 Å². The van der Waals surface area contributed by atoms with Gasteiger partial charge in [0.2, 0.25) is 0 Å². The van der Waals surface area contributed by atoms with E-state index in [0.29, 0.717) is 11.8 Å². The Morgan fingerprint density at radius 1 is 0.789 bits per heavy atom. The van der Waals surface area contributed by atoms with Gasteiger partial charge in [-0.2, -0.15) is 4.57 Å². The van der Waals surface area contributed by atoms with Gasteiger partial charge in [-0.25, -0.2) is 9.55 Å². The van der Waals surface area contributed by atoms with E-state index in [1.807, 2.05) is 0 Å². The smallest absolute Gasteiger partial charge is 0.295 e. The second kappa shape index (κ2) is 9.29. The molecular formula is C34H34N3O+. The van der Waals surface area contributed by atoms with E-state index >= 15 is 0 Å². The van der Waals surface area contributed by atoms with Crippen molar-refractivity contribution in [3.05, 3.63) is 102 Å². The number of imidazole rings is 1. The Bertz CT molecular complexity index is 1760. The fourth-order valence-corrected chi connectivity index (χ4v) is 5.70. The normalized spacial score (nSPS) is 11.9. The predicted octanol–water partition coefficient (Wildman–Crippen LogP) is 8.49. The average Bonchev–Trinajstić information content (AvgIpc) is 3.49. The molecule has 190 valence electrons. The molecule has 0 atom stereocenters. The fraction of sp³-hybridized carbons (Fsp3) is 0.235. The van der Waals surface area contributed by atoms with Gasteiger partial charge in [0.25, 0.3) is 5.82 Å². The summed E-state index contributed by atoms with van der Waals surface area (Å²) < 4.78 is 10.4. The molecule has 0 spiro atoms. The number of oxazole rings is 1. The predicted molar refractivity (Wildman–Crippen MR) is 156 cm³/mol. The molecule has 6 rings (SSSR count). The number of benzene rings is 4. The molecule has 0 bridgehead atoms. The molecule has 0 amide bonds. The minimum atomic E-state index is 0.338. The van der Waals surface area contributed by atoms with Crippen LogP contribution in [0.2, 0.25) is 0 Å². The maximum Gasteiger partial charge on any atom is 0.295 e. The van der Waals surface area contributed by atoms with Crippen molar-refractivity contribution in [2.45, 2.75) is 46.5 Å². The van der Waals surface area contributed by atoms with Gasteiger partial charge < -0.3 is 4.42 Å². The zero-order valence-electron chi connectivity index (χ0n) is 23.0. The lowest BCUT2D eigenvalue weighted by molar-refractivity contribution is -0.633. The Labute approximate surface area is 224 Å². The van der Waals surface area contributed by atoms with Crippen molar-refractivity contribution in [2.24, 2.45) is 7.05 Å². The Hall–Kier alpha value is -4.18. The molecule has 38 heavy (non-hydrogen) atoms. The third-order valence-electron chi connectivity index (χ3n) is 7.68. The molecule has 0 N–H and O–H groups in total. The van der Waals surface area contributed by atoms with Crippen LogP contribution in [0.15, 0.2) is 89.7 Å². The van der Waals surface area contributed by atoms with Crippen LogP contribution in [0.4, 0.5) is 0 Å². The van der Waals surface area contributed by atoms with Crippen LogP contribution in [-0.2, 0) is 7.05 Å². The monoisotopic (exact) mass is 500 g/mol. The zero-order chi connectivity index (χ0) is 26.6. The van der Waals surface area contributed by atoms with Gasteiger partial charge in [0.15, 0.2) is 23.0 Å². The van der Waals surface area contributed by atoms with Crippen LogP contribution < -0.4 is 4.57 Å². The largest absolute Gasteiger partial charge is 0.443 e. The summed E-state index contributed by atoms with van der Waals surface area (Å²) in [5.74, 6) is 1.82. The number of aryl methyl sites for hydroxylation is 2. The van der Waals surface area contributed by atoms with Crippen molar-refractivity contribution in [3.63, 3.8) is 0 Å². The van der Waals surface area contributed by atoms with Gasteiger partial charge in [-0.15, -0.1) is 0 Å². The minimum absolute atomic E-state index is 0.338. The van der Waals surface area contributed by atoms with Crippen molar-refractivity contribution in [1.82, 2.24) is 9.55 Å². The van der Waals surface area contributed by atoms with Crippen molar-refractivity contribution in [1.29, 1.82) is 0 Å². The molecule has 0 aliphatic rings. The van der Waals surface area contributed by atoms with E-state index in [1.165, 1.54) is 45.4 Å². The van der Waals surface area contributed by atoms with Gasteiger partial charge in [0, 0.05) is 11.1 Å². The lowest BCUT2D eigenvalue weighted by Gasteiger charge is -2.21. The molecule has 0 saturated heterocycles. The van der Waals surface area contributed by atoms with Gasteiger partial charge in [0.05, 0.1) is 12.6 Å². The molecule has 0 aliphatic carbocycles. The first-order valence-corrected chi connectivity index (χ1v) is 13.4. The van der Waals surface area contributed by atoms with Crippen LogP contribution in [0.3, 0.4) is 0 Å². The van der Waals surface area contributed by atoms with Gasteiger partial charge in [-0.05, 0) is 71.8 Å². The lowest BCUT2D eigenvalue weighted by atomic mass is 9.88. The van der Waals surface area contributed by atoms with Crippen LogP contribution in [0.5, 0.6) is 0 Å². The van der Waals surface area contributed by atoms with Crippen molar-refractivity contribution >= 4 is 22.1 Å². The number of hydrogen-bond acceptors (Lipinski definition) is 2. The van der Waals surface area contributed by atoms with Crippen LogP contribution in [0.1, 0.15) is 56.2 Å².